The summed E-state index contributed by atoms with van der Waals surface area (Å²) in [6, 6.07) is 7.59. The Bertz CT molecular complexity index is 289. The zero-order valence-corrected chi connectivity index (χ0v) is 10.8. The van der Waals surface area contributed by atoms with Crippen molar-refractivity contribution in [2.75, 3.05) is 12.4 Å². The maximum atomic E-state index is 5.96. The first-order valence-corrected chi connectivity index (χ1v) is 6.61. The lowest BCUT2D eigenvalue weighted by Crippen LogP contribution is -2.00. The van der Waals surface area contributed by atoms with Crippen LogP contribution < -0.4 is 4.74 Å². The highest BCUT2D eigenvalue weighted by Gasteiger charge is 1.99. The first-order valence-electron chi connectivity index (χ1n) is 5.19. The van der Waals surface area contributed by atoms with Crippen LogP contribution in [-0.4, -0.2) is 17.6 Å². The molecule has 0 fully saturated rings. The van der Waals surface area contributed by atoms with Crippen molar-refractivity contribution in [1.29, 1.82) is 0 Å². The predicted octanol–water partition coefficient (Wildman–Crippen LogP) is 4.25. The van der Waals surface area contributed by atoms with E-state index < -0.39 is 0 Å². The van der Waals surface area contributed by atoms with Gasteiger partial charge < -0.3 is 4.74 Å². The standard InChI is InChI=1S/C12H17ClOS/c1-10(2)15-9-5-8-14-12-7-4-3-6-11(12)13/h3-4,6-7,10H,5,8-9H2,1-2H3. The first-order chi connectivity index (χ1) is 7.20. The molecular weight excluding hydrogens is 228 g/mol. The Hall–Kier alpha value is -0.340. The number of thioether (sulfide) groups is 1. The van der Waals surface area contributed by atoms with Crippen LogP contribution in [0.1, 0.15) is 20.3 Å². The van der Waals surface area contributed by atoms with Crippen LogP contribution in [0.5, 0.6) is 5.75 Å². The first kappa shape index (κ1) is 12.7. The topological polar surface area (TPSA) is 9.23 Å². The Morgan fingerprint density at radius 1 is 1.33 bits per heavy atom. The third kappa shape index (κ3) is 5.33. The third-order valence-corrected chi connectivity index (χ3v) is 3.34. The van der Waals surface area contributed by atoms with Gasteiger partial charge >= 0.3 is 0 Å². The largest absolute Gasteiger partial charge is 0.492 e. The minimum Gasteiger partial charge on any atom is -0.492 e. The molecule has 0 unspecified atom stereocenters. The summed E-state index contributed by atoms with van der Waals surface area (Å²) in [4.78, 5) is 0. The molecule has 1 rings (SSSR count). The van der Waals surface area contributed by atoms with Crippen LogP contribution in [0.15, 0.2) is 24.3 Å². The van der Waals surface area contributed by atoms with Crippen LogP contribution in [0.2, 0.25) is 5.02 Å². The fraction of sp³-hybridized carbons (Fsp3) is 0.500. The fourth-order valence-electron chi connectivity index (χ4n) is 1.12. The molecule has 0 saturated carbocycles. The average molecular weight is 245 g/mol. The molecule has 0 amide bonds. The highest BCUT2D eigenvalue weighted by atomic mass is 35.5. The van der Waals surface area contributed by atoms with Gasteiger partial charge in [0.25, 0.3) is 0 Å². The van der Waals surface area contributed by atoms with E-state index in [1.54, 1.807) is 0 Å². The second-order valence-corrected chi connectivity index (χ2v) is 5.64. The molecule has 0 aliphatic rings. The van der Waals surface area contributed by atoms with E-state index in [1.807, 2.05) is 36.0 Å². The van der Waals surface area contributed by atoms with Crippen LogP contribution in [0.4, 0.5) is 0 Å². The van der Waals surface area contributed by atoms with E-state index in [0.29, 0.717) is 10.3 Å². The van der Waals surface area contributed by atoms with Gasteiger partial charge in [-0.05, 0) is 29.6 Å². The summed E-state index contributed by atoms with van der Waals surface area (Å²) in [5.41, 5.74) is 0. The molecule has 0 saturated heterocycles. The van der Waals surface area contributed by atoms with E-state index in [4.69, 9.17) is 16.3 Å². The highest BCUT2D eigenvalue weighted by molar-refractivity contribution is 7.99. The number of ether oxygens (including phenoxy) is 1. The predicted molar refractivity (Wildman–Crippen MR) is 69.2 cm³/mol. The molecular formula is C12H17ClOS. The molecule has 0 radical (unpaired) electrons. The van der Waals surface area contributed by atoms with E-state index >= 15 is 0 Å². The van der Waals surface area contributed by atoms with Crippen LogP contribution in [0.25, 0.3) is 0 Å². The second-order valence-electron chi connectivity index (χ2n) is 3.55. The third-order valence-electron chi connectivity index (χ3n) is 1.83. The van der Waals surface area contributed by atoms with Crippen LogP contribution in [0, 0.1) is 0 Å². The zero-order valence-electron chi connectivity index (χ0n) is 9.20. The van der Waals surface area contributed by atoms with E-state index in [0.717, 1.165) is 24.5 Å². The van der Waals surface area contributed by atoms with Crippen molar-refractivity contribution >= 4 is 23.4 Å². The molecule has 15 heavy (non-hydrogen) atoms. The lowest BCUT2D eigenvalue weighted by molar-refractivity contribution is 0.319. The molecule has 0 aliphatic heterocycles. The van der Waals surface area contributed by atoms with E-state index in [1.165, 1.54) is 0 Å². The van der Waals surface area contributed by atoms with Gasteiger partial charge in [-0.15, -0.1) is 0 Å². The summed E-state index contributed by atoms with van der Waals surface area (Å²) in [7, 11) is 0. The molecule has 84 valence electrons. The van der Waals surface area contributed by atoms with Crippen molar-refractivity contribution in [1.82, 2.24) is 0 Å². The smallest absolute Gasteiger partial charge is 0.137 e. The molecule has 0 heterocycles. The Morgan fingerprint density at radius 3 is 2.73 bits per heavy atom. The molecule has 0 bridgehead atoms. The fourth-order valence-corrected chi connectivity index (χ4v) is 2.07. The van der Waals surface area contributed by atoms with Crippen LogP contribution >= 0.6 is 23.4 Å². The Balaban J connectivity index is 2.18. The van der Waals surface area contributed by atoms with Crippen molar-refractivity contribution in [2.45, 2.75) is 25.5 Å². The SMILES string of the molecule is CC(C)SCCCOc1ccccc1Cl. The van der Waals surface area contributed by atoms with Gasteiger partial charge in [0, 0.05) is 0 Å². The Kier molecular flexibility index (Phi) is 5.96. The van der Waals surface area contributed by atoms with Gasteiger partial charge in [-0.3, -0.25) is 0 Å². The zero-order chi connectivity index (χ0) is 11.1. The maximum Gasteiger partial charge on any atom is 0.137 e. The van der Waals surface area contributed by atoms with Gasteiger partial charge in [0.1, 0.15) is 5.75 Å². The summed E-state index contributed by atoms with van der Waals surface area (Å²) >= 11 is 7.91. The molecule has 1 aromatic carbocycles. The summed E-state index contributed by atoms with van der Waals surface area (Å²) in [5.74, 6) is 1.93. The van der Waals surface area contributed by atoms with Gasteiger partial charge in [-0.25, -0.2) is 0 Å². The van der Waals surface area contributed by atoms with Gasteiger partial charge in [0.15, 0.2) is 0 Å². The van der Waals surface area contributed by atoms with E-state index in [9.17, 15) is 0 Å². The second kappa shape index (κ2) is 7.02. The van der Waals surface area contributed by atoms with Crippen LogP contribution in [-0.2, 0) is 0 Å². The summed E-state index contributed by atoms with van der Waals surface area (Å²) < 4.78 is 5.57. The lowest BCUT2D eigenvalue weighted by Gasteiger charge is -2.08. The number of benzene rings is 1. The van der Waals surface area contributed by atoms with E-state index in [-0.39, 0.29) is 0 Å². The van der Waals surface area contributed by atoms with Gasteiger partial charge in [-0.2, -0.15) is 11.8 Å². The van der Waals surface area contributed by atoms with Gasteiger partial charge in [0.2, 0.25) is 0 Å². The highest BCUT2D eigenvalue weighted by Crippen LogP contribution is 2.23. The van der Waals surface area contributed by atoms with Crippen molar-refractivity contribution in [3.8, 4) is 5.75 Å². The van der Waals surface area contributed by atoms with Gasteiger partial charge in [0.05, 0.1) is 11.6 Å². The minimum absolute atomic E-state index is 0.689. The van der Waals surface area contributed by atoms with Crippen molar-refractivity contribution in [2.24, 2.45) is 0 Å². The summed E-state index contributed by atoms with van der Waals surface area (Å²) in [5, 5.41) is 1.39. The number of hydrogen-bond donors (Lipinski definition) is 0. The molecule has 3 heteroatoms. The molecule has 0 N–H and O–H groups in total. The quantitative estimate of drug-likeness (QED) is 0.692. The molecule has 0 aromatic heterocycles. The van der Waals surface area contributed by atoms with E-state index in [2.05, 4.69) is 13.8 Å². The number of rotatable bonds is 6. The number of halogens is 1. The normalized spacial score (nSPS) is 10.7. The molecule has 0 atom stereocenters. The molecule has 1 aromatic rings. The number of hydrogen-bond acceptors (Lipinski definition) is 2. The molecule has 1 nitrogen and oxygen atoms in total. The number of para-hydroxylation sites is 1. The average Bonchev–Trinajstić information content (AvgIpc) is 2.20. The summed E-state index contributed by atoms with van der Waals surface area (Å²) in [6.45, 7) is 5.16. The monoisotopic (exact) mass is 244 g/mol. The Labute approximate surface area is 101 Å². The van der Waals surface area contributed by atoms with Crippen molar-refractivity contribution in [3.05, 3.63) is 29.3 Å². The van der Waals surface area contributed by atoms with Crippen molar-refractivity contribution in [3.63, 3.8) is 0 Å². The maximum absolute atomic E-state index is 5.96. The molecule has 0 aliphatic carbocycles. The minimum atomic E-state index is 0.689. The Morgan fingerprint density at radius 2 is 2.07 bits per heavy atom. The van der Waals surface area contributed by atoms with Gasteiger partial charge in [-0.1, -0.05) is 37.6 Å². The summed E-state index contributed by atoms with van der Waals surface area (Å²) in [6.07, 6.45) is 1.06. The molecule has 0 spiro atoms. The lowest BCUT2D eigenvalue weighted by atomic mass is 10.3. The van der Waals surface area contributed by atoms with Crippen molar-refractivity contribution < 1.29 is 4.74 Å². The van der Waals surface area contributed by atoms with Crippen LogP contribution in [0.3, 0.4) is 0 Å².